The third-order valence-corrected chi connectivity index (χ3v) is 5.48. The lowest BCUT2D eigenvalue weighted by molar-refractivity contribution is -0.116. The molecule has 0 spiro atoms. The van der Waals surface area contributed by atoms with Gasteiger partial charge in [0, 0.05) is 24.2 Å². The first kappa shape index (κ1) is 22.6. The van der Waals surface area contributed by atoms with Gasteiger partial charge in [0.05, 0.1) is 4.90 Å². The van der Waals surface area contributed by atoms with Crippen molar-refractivity contribution >= 4 is 27.5 Å². The minimum Gasteiger partial charge on any atom is -0.352 e. The fraction of sp³-hybridized carbons (Fsp3) is 0.333. The molecule has 0 aromatic heterocycles. The molecule has 8 heteroatoms. The zero-order valence-electron chi connectivity index (χ0n) is 17.1. The Morgan fingerprint density at radius 1 is 1.03 bits per heavy atom. The van der Waals surface area contributed by atoms with Gasteiger partial charge in [-0.1, -0.05) is 39.0 Å². The number of sulfonamides is 1. The van der Waals surface area contributed by atoms with Crippen molar-refractivity contribution in [2.24, 2.45) is 5.14 Å². The number of hydrogen-bond donors (Lipinski definition) is 3. The number of aryl methyl sites for hydroxylation is 1. The van der Waals surface area contributed by atoms with E-state index in [0.717, 1.165) is 5.56 Å². The van der Waals surface area contributed by atoms with Crippen molar-refractivity contribution in [1.82, 2.24) is 5.32 Å². The summed E-state index contributed by atoms with van der Waals surface area (Å²) in [7, 11) is -3.87. The molecule has 0 saturated heterocycles. The molecule has 0 fully saturated rings. The molecule has 2 aromatic rings. The summed E-state index contributed by atoms with van der Waals surface area (Å²) in [6.45, 7) is 8.07. The molecule has 156 valence electrons. The lowest BCUT2D eigenvalue weighted by atomic mass is 9.87. The second-order valence-corrected chi connectivity index (χ2v) is 9.44. The second kappa shape index (κ2) is 8.75. The number of carbonyl (C=O) groups is 2. The van der Waals surface area contributed by atoms with Crippen LogP contribution in [0.2, 0.25) is 0 Å². The van der Waals surface area contributed by atoms with Crippen LogP contribution in [-0.2, 0) is 20.2 Å². The second-order valence-electron chi connectivity index (χ2n) is 7.91. The fourth-order valence-corrected chi connectivity index (χ4v) is 3.53. The first-order valence-electron chi connectivity index (χ1n) is 9.20. The Morgan fingerprint density at radius 2 is 1.66 bits per heavy atom. The number of anilines is 1. The van der Waals surface area contributed by atoms with Crippen LogP contribution in [0.25, 0.3) is 0 Å². The van der Waals surface area contributed by atoms with E-state index in [9.17, 15) is 18.0 Å². The number of carbonyl (C=O) groups excluding carboxylic acids is 2. The molecule has 0 atom stereocenters. The van der Waals surface area contributed by atoms with Crippen molar-refractivity contribution in [2.75, 3.05) is 11.9 Å². The minimum absolute atomic E-state index is 0.00612. The average molecular weight is 418 g/mol. The van der Waals surface area contributed by atoms with Gasteiger partial charge in [0.25, 0.3) is 5.91 Å². The molecule has 0 aliphatic rings. The molecule has 0 bridgehead atoms. The molecule has 0 aliphatic heterocycles. The van der Waals surface area contributed by atoms with E-state index in [1.807, 2.05) is 12.1 Å². The largest absolute Gasteiger partial charge is 0.352 e. The normalized spacial score (nSPS) is 11.8. The van der Waals surface area contributed by atoms with Crippen LogP contribution >= 0.6 is 0 Å². The molecule has 7 nitrogen and oxygen atoms in total. The number of nitrogens with one attached hydrogen (secondary N) is 2. The summed E-state index contributed by atoms with van der Waals surface area (Å²) >= 11 is 0. The Morgan fingerprint density at radius 3 is 2.21 bits per heavy atom. The van der Waals surface area contributed by atoms with Crippen LogP contribution < -0.4 is 15.8 Å². The van der Waals surface area contributed by atoms with Gasteiger partial charge in [-0.2, -0.15) is 0 Å². The van der Waals surface area contributed by atoms with Gasteiger partial charge in [-0.05, 0) is 47.7 Å². The van der Waals surface area contributed by atoms with Gasteiger partial charge >= 0.3 is 0 Å². The molecule has 0 heterocycles. The predicted molar refractivity (Wildman–Crippen MR) is 113 cm³/mol. The highest BCUT2D eigenvalue weighted by Crippen LogP contribution is 2.22. The highest BCUT2D eigenvalue weighted by atomic mass is 32.2. The molecule has 0 aliphatic carbocycles. The summed E-state index contributed by atoms with van der Waals surface area (Å²) in [4.78, 5) is 24.3. The van der Waals surface area contributed by atoms with Crippen molar-refractivity contribution in [3.05, 3.63) is 59.2 Å². The minimum atomic E-state index is -3.87. The number of primary sulfonamides is 1. The van der Waals surface area contributed by atoms with E-state index < -0.39 is 10.0 Å². The van der Waals surface area contributed by atoms with Crippen molar-refractivity contribution < 1.29 is 18.0 Å². The van der Waals surface area contributed by atoms with Crippen molar-refractivity contribution in [2.45, 2.75) is 44.4 Å². The Bertz CT molecular complexity index is 1010. The maximum Gasteiger partial charge on any atom is 0.251 e. The quantitative estimate of drug-likeness (QED) is 0.669. The predicted octanol–water partition coefficient (Wildman–Crippen LogP) is 2.70. The summed E-state index contributed by atoms with van der Waals surface area (Å²) in [6.07, 6.45) is 0.0460. The lowest BCUT2D eigenvalue weighted by Crippen LogP contribution is -2.27. The van der Waals surface area contributed by atoms with Crippen molar-refractivity contribution in [3.8, 4) is 0 Å². The van der Waals surface area contributed by atoms with E-state index in [1.54, 1.807) is 31.2 Å². The van der Waals surface area contributed by atoms with Crippen LogP contribution in [0.3, 0.4) is 0 Å². The Hall–Kier alpha value is -2.71. The zero-order valence-corrected chi connectivity index (χ0v) is 17.9. The van der Waals surface area contributed by atoms with E-state index in [4.69, 9.17) is 5.14 Å². The summed E-state index contributed by atoms with van der Waals surface area (Å²) in [6, 6.07) is 11.8. The molecule has 2 rings (SSSR count). The zero-order chi connectivity index (χ0) is 21.8. The maximum atomic E-state index is 12.2. The molecular weight excluding hydrogens is 390 g/mol. The summed E-state index contributed by atoms with van der Waals surface area (Å²) in [5.74, 6) is -0.609. The van der Waals surface area contributed by atoms with Crippen molar-refractivity contribution in [1.29, 1.82) is 0 Å². The van der Waals surface area contributed by atoms with Crippen LogP contribution in [-0.4, -0.2) is 26.8 Å². The highest BCUT2D eigenvalue weighted by molar-refractivity contribution is 7.89. The summed E-state index contributed by atoms with van der Waals surface area (Å²) in [5, 5.41) is 10.5. The highest BCUT2D eigenvalue weighted by Gasteiger charge is 2.15. The summed E-state index contributed by atoms with van der Waals surface area (Å²) in [5.41, 5.74) is 2.48. The van der Waals surface area contributed by atoms with Gasteiger partial charge in [0.15, 0.2) is 0 Å². The molecule has 29 heavy (non-hydrogen) atoms. The molecule has 0 saturated carbocycles. The van der Waals surface area contributed by atoms with Crippen LogP contribution in [0, 0.1) is 6.92 Å². The van der Waals surface area contributed by atoms with E-state index in [1.165, 1.54) is 6.07 Å². The van der Waals surface area contributed by atoms with Crippen LogP contribution in [0.1, 0.15) is 48.7 Å². The lowest BCUT2D eigenvalue weighted by Gasteiger charge is -2.19. The SMILES string of the molecule is Cc1ccc(NC(=O)CCNC(=O)c2ccc(C(C)(C)C)cc2)cc1S(N)(=O)=O. The molecule has 0 unspecified atom stereocenters. The monoisotopic (exact) mass is 417 g/mol. The van der Waals surface area contributed by atoms with Gasteiger partial charge < -0.3 is 10.6 Å². The third kappa shape index (κ3) is 6.40. The van der Waals surface area contributed by atoms with E-state index in [-0.39, 0.29) is 35.1 Å². The first-order valence-corrected chi connectivity index (χ1v) is 10.7. The first-order chi connectivity index (χ1) is 13.4. The van der Waals surface area contributed by atoms with Crippen molar-refractivity contribution in [3.63, 3.8) is 0 Å². The topological polar surface area (TPSA) is 118 Å². The number of rotatable bonds is 6. The molecule has 2 amide bonds. The number of benzene rings is 2. The van der Waals surface area contributed by atoms with Crippen LogP contribution in [0.4, 0.5) is 5.69 Å². The number of amides is 2. The van der Waals surface area contributed by atoms with Gasteiger partial charge in [-0.3, -0.25) is 9.59 Å². The summed E-state index contributed by atoms with van der Waals surface area (Å²) < 4.78 is 23.1. The molecular formula is C21H27N3O4S. The standard InChI is InChI=1S/C21H27N3O4S/c1-14-5-10-17(13-18(14)29(22,27)28)24-19(25)11-12-23-20(26)15-6-8-16(9-7-15)21(2,3)4/h5-10,13H,11-12H2,1-4H3,(H,23,26)(H,24,25)(H2,22,27,28). The number of hydrogen-bond acceptors (Lipinski definition) is 4. The van der Waals surface area contributed by atoms with Crippen LogP contribution in [0.15, 0.2) is 47.4 Å². The van der Waals surface area contributed by atoms with Gasteiger partial charge in [0.1, 0.15) is 0 Å². The Labute approximate surface area is 171 Å². The van der Waals surface area contributed by atoms with Gasteiger partial charge in [0.2, 0.25) is 15.9 Å². The average Bonchev–Trinajstić information content (AvgIpc) is 2.61. The number of nitrogens with two attached hydrogens (primary N) is 1. The van der Waals surface area contributed by atoms with E-state index >= 15 is 0 Å². The van der Waals surface area contributed by atoms with Gasteiger partial charge in [-0.15, -0.1) is 0 Å². The Balaban J connectivity index is 1.89. The molecule has 0 radical (unpaired) electrons. The third-order valence-electron chi connectivity index (χ3n) is 4.43. The smallest absolute Gasteiger partial charge is 0.251 e. The van der Waals surface area contributed by atoms with E-state index in [0.29, 0.717) is 16.8 Å². The fourth-order valence-electron chi connectivity index (χ4n) is 2.72. The van der Waals surface area contributed by atoms with Crippen LogP contribution in [0.5, 0.6) is 0 Å². The Kier molecular flexibility index (Phi) is 6.81. The van der Waals surface area contributed by atoms with Gasteiger partial charge in [-0.25, -0.2) is 13.6 Å². The molecule has 2 aromatic carbocycles. The van der Waals surface area contributed by atoms with E-state index in [2.05, 4.69) is 31.4 Å². The maximum absolute atomic E-state index is 12.2. The molecule has 4 N–H and O–H groups in total.